The van der Waals surface area contributed by atoms with Crippen LogP contribution in [0.4, 0.5) is 11.4 Å². The van der Waals surface area contributed by atoms with Crippen LogP contribution in [0, 0.1) is 5.92 Å². The number of anilines is 2. The third-order valence-electron chi connectivity index (χ3n) is 5.63. The molecule has 2 aromatic carbocycles. The molecular weight excluding hydrogens is 388 g/mol. The maximum absolute atomic E-state index is 11.1. The third kappa shape index (κ3) is 4.19. The average molecular weight is 415 g/mol. The van der Waals surface area contributed by atoms with Gasteiger partial charge >= 0.3 is 5.97 Å². The van der Waals surface area contributed by atoms with Crippen LogP contribution in [0.3, 0.4) is 0 Å². The van der Waals surface area contributed by atoms with E-state index in [1.807, 2.05) is 11.8 Å². The molecule has 0 bridgehead atoms. The second-order valence-electron chi connectivity index (χ2n) is 7.36. The summed E-state index contributed by atoms with van der Waals surface area (Å²) in [5.41, 5.74) is 2.60. The van der Waals surface area contributed by atoms with Gasteiger partial charge in [-0.15, -0.1) is 11.8 Å². The van der Waals surface area contributed by atoms with Gasteiger partial charge in [0, 0.05) is 21.2 Å². The number of carboxylic acids is 1. The van der Waals surface area contributed by atoms with Crippen molar-refractivity contribution in [3.8, 4) is 0 Å². The number of hydrogen-bond donors (Lipinski definition) is 1. The van der Waals surface area contributed by atoms with Gasteiger partial charge in [-0.05, 0) is 75.5 Å². The molecule has 2 heterocycles. The van der Waals surface area contributed by atoms with Gasteiger partial charge < -0.3 is 14.9 Å². The Morgan fingerprint density at radius 1 is 1.11 bits per heavy atom. The molecule has 0 amide bonds. The monoisotopic (exact) mass is 414 g/mol. The number of piperidine rings is 1. The average Bonchev–Trinajstić information content (AvgIpc) is 2.73. The van der Waals surface area contributed by atoms with E-state index < -0.39 is 5.97 Å². The quantitative estimate of drug-likeness (QED) is 0.656. The van der Waals surface area contributed by atoms with Crippen LogP contribution in [0.5, 0.6) is 0 Å². The lowest BCUT2D eigenvalue weighted by Crippen LogP contribution is -2.37. The van der Waals surface area contributed by atoms with Crippen LogP contribution in [0.25, 0.3) is 0 Å². The summed E-state index contributed by atoms with van der Waals surface area (Å²) in [6.07, 6.45) is 4.74. The molecule has 148 valence electrons. The van der Waals surface area contributed by atoms with Gasteiger partial charge in [-0.3, -0.25) is 4.79 Å². The van der Waals surface area contributed by atoms with Gasteiger partial charge in [0.15, 0.2) is 0 Å². The zero-order chi connectivity index (χ0) is 19.5. The minimum absolute atomic E-state index is 0.154. The second kappa shape index (κ2) is 8.80. The van der Waals surface area contributed by atoms with Crippen LogP contribution in [0.15, 0.2) is 57.2 Å². The molecular formula is C22H26N2O2S2. The van der Waals surface area contributed by atoms with E-state index in [0.29, 0.717) is 0 Å². The van der Waals surface area contributed by atoms with E-state index in [1.165, 1.54) is 26.1 Å². The number of benzene rings is 2. The number of carbonyl (C=O) groups is 1. The fraction of sp³-hybridized carbons (Fsp3) is 0.409. The zero-order valence-corrected chi connectivity index (χ0v) is 17.8. The first-order valence-corrected chi connectivity index (χ1v) is 11.9. The summed E-state index contributed by atoms with van der Waals surface area (Å²) in [6.45, 7) is 3.80. The summed E-state index contributed by atoms with van der Waals surface area (Å²) in [4.78, 5) is 19.9. The van der Waals surface area contributed by atoms with Crippen molar-refractivity contribution in [2.24, 2.45) is 5.92 Å². The van der Waals surface area contributed by atoms with Gasteiger partial charge in [-0.25, -0.2) is 0 Å². The van der Waals surface area contributed by atoms with Crippen molar-refractivity contribution in [1.29, 1.82) is 0 Å². The minimum atomic E-state index is -0.636. The fourth-order valence-electron chi connectivity index (χ4n) is 4.03. The lowest BCUT2D eigenvalue weighted by molar-refractivity contribution is -0.143. The maximum atomic E-state index is 11.1. The molecule has 1 saturated heterocycles. The van der Waals surface area contributed by atoms with E-state index in [9.17, 15) is 9.90 Å². The number of fused-ring (bicyclic) bond motifs is 2. The van der Waals surface area contributed by atoms with Crippen LogP contribution in [-0.4, -0.2) is 48.4 Å². The number of para-hydroxylation sites is 1. The Labute approximate surface area is 175 Å². The highest BCUT2D eigenvalue weighted by Gasteiger charge is 2.26. The Bertz CT molecular complexity index is 850. The number of thioether (sulfide) groups is 1. The van der Waals surface area contributed by atoms with Crippen LogP contribution in [0.2, 0.25) is 0 Å². The number of aliphatic carboxylic acids is 1. The normalized spacial score (nSPS) is 17.2. The van der Waals surface area contributed by atoms with Crippen LogP contribution in [-0.2, 0) is 4.79 Å². The number of hydrogen-bond acceptors (Lipinski definition) is 5. The molecule has 2 aliphatic heterocycles. The van der Waals surface area contributed by atoms with Gasteiger partial charge in [0.1, 0.15) is 0 Å². The summed E-state index contributed by atoms with van der Waals surface area (Å²) in [5, 5.41) is 9.17. The molecule has 2 aromatic rings. The van der Waals surface area contributed by atoms with E-state index in [-0.39, 0.29) is 5.92 Å². The van der Waals surface area contributed by atoms with Crippen molar-refractivity contribution in [3.05, 3.63) is 42.5 Å². The molecule has 0 unspecified atom stereocenters. The molecule has 0 spiro atoms. The SMILES string of the molecule is CSc1ccc2c(c1)N(CCCN1CCC(C(=O)O)CC1)c1ccccc1S2. The standard InChI is InChI=1S/C22H26N2O2S2/c1-27-17-7-8-21-19(15-17)24(18-5-2-3-6-20(18)28-21)12-4-11-23-13-9-16(10-14-23)22(25)26/h2-3,5-8,15-16H,4,9-14H2,1H3,(H,25,26). The first-order chi connectivity index (χ1) is 13.7. The molecule has 0 atom stereocenters. The summed E-state index contributed by atoms with van der Waals surface area (Å²) >= 11 is 3.63. The highest BCUT2D eigenvalue weighted by atomic mass is 32.2. The molecule has 0 radical (unpaired) electrons. The first-order valence-electron chi connectivity index (χ1n) is 9.83. The maximum Gasteiger partial charge on any atom is 0.306 e. The Morgan fingerprint density at radius 2 is 1.86 bits per heavy atom. The zero-order valence-electron chi connectivity index (χ0n) is 16.1. The molecule has 0 aromatic heterocycles. The highest BCUT2D eigenvalue weighted by molar-refractivity contribution is 8.00. The van der Waals surface area contributed by atoms with Crippen LogP contribution >= 0.6 is 23.5 Å². The van der Waals surface area contributed by atoms with Crippen molar-refractivity contribution >= 4 is 40.9 Å². The molecule has 4 rings (SSSR count). The van der Waals surface area contributed by atoms with Gasteiger partial charge in [0.05, 0.1) is 17.3 Å². The topological polar surface area (TPSA) is 43.8 Å². The molecule has 28 heavy (non-hydrogen) atoms. The Balaban J connectivity index is 1.45. The number of rotatable bonds is 6. The summed E-state index contributed by atoms with van der Waals surface area (Å²) in [7, 11) is 0. The Kier molecular flexibility index (Phi) is 6.19. The fourth-order valence-corrected chi connectivity index (χ4v) is 5.54. The summed E-state index contributed by atoms with van der Waals surface area (Å²) in [6, 6.07) is 15.4. The van der Waals surface area contributed by atoms with Crippen molar-refractivity contribution < 1.29 is 9.90 Å². The van der Waals surface area contributed by atoms with Crippen molar-refractivity contribution in [2.45, 2.75) is 33.9 Å². The number of likely N-dealkylation sites (tertiary alicyclic amines) is 1. The Morgan fingerprint density at radius 3 is 2.61 bits per heavy atom. The minimum Gasteiger partial charge on any atom is -0.481 e. The lowest BCUT2D eigenvalue weighted by Gasteiger charge is -2.34. The van der Waals surface area contributed by atoms with E-state index >= 15 is 0 Å². The van der Waals surface area contributed by atoms with Gasteiger partial charge in [-0.2, -0.15) is 0 Å². The third-order valence-corrected chi connectivity index (χ3v) is 7.48. The second-order valence-corrected chi connectivity index (χ2v) is 9.33. The molecule has 0 saturated carbocycles. The van der Waals surface area contributed by atoms with Gasteiger partial charge in [0.2, 0.25) is 0 Å². The summed E-state index contributed by atoms with van der Waals surface area (Å²) in [5.74, 6) is -0.789. The predicted molar refractivity (Wildman–Crippen MR) is 117 cm³/mol. The van der Waals surface area contributed by atoms with Crippen molar-refractivity contribution in [1.82, 2.24) is 4.90 Å². The molecule has 4 nitrogen and oxygen atoms in total. The number of nitrogens with zero attached hydrogens (tertiary/aromatic N) is 2. The Hall–Kier alpha value is -1.63. The number of carboxylic acid groups (broad SMARTS) is 1. The molecule has 1 fully saturated rings. The van der Waals surface area contributed by atoms with E-state index in [0.717, 1.165) is 45.4 Å². The van der Waals surface area contributed by atoms with Crippen molar-refractivity contribution in [3.63, 3.8) is 0 Å². The smallest absolute Gasteiger partial charge is 0.306 e. The van der Waals surface area contributed by atoms with Gasteiger partial charge in [0.25, 0.3) is 0 Å². The largest absolute Gasteiger partial charge is 0.481 e. The van der Waals surface area contributed by atoms with Crippen LogP contribution < -0.4 is 4.90 Å². The molecule has 2 aliphatic rings. The highest BCUT2D eigenvalue weighted by Crippen LogP contribution is 2.48. The molecule has 0 aliphatic carbocycles. The summed E-state index contributed by atoms with van der Waals surface area (Å²) < 4.78 is 0. The van der Waals surface area contributed by atoms with Crippen LogP contribution in [0.1, 0.15) is 19.3 Å². The molecule has 6 heteroatoms. The van der Waals surface area contributed by atoms with E-state index in [2.05, 4.69) is 58.5 Å². The predicted octanol–water partition coefficient (Wildman–Crippen LogP) is 5.20. The first kappa shape index (κ1) is 19.7. The lowest BCUT2D eigenvalue weighted by atomic mass is 9.97. The van der Waals surface area contributed by atoms with E-state index in [1.54, 1.807) is 11.8 Å². The van der Waals surface area contributed by atoms with Gasteiger partial charge in [-0.1, -0.05) is 23.9 Å². The van der Waals surface area contributed by atoms with E-state index in [4.69, 9.17) is 0 Å². The van der Waals surface area contributed by atoms with Crippen molar-refractivity contribution in [2.75, 3.05) is 37.3 Å². The molecule has 1 N–H and O–H groups in total.